The largest absolute Gasteiger partial charge is 0.466 e. The minimum Gasteiger partial charge on any atom is -0.466 e. The fraction of sp³-hybridized carbons (Fsp3) is 0.160. The molecular formula is C25H19F3N4O2. The monoisotopic (exact) mass is 464 g/mol. The first-order valence-electron chi connectivity index (χ1n) is 10.5. The average Bonchev–Trinajstić information content (AvgIpc) is 2.84. The predicted octanol–water partition coefficient (Wildman–Crippen LogP) is 4.71. The fourth-order valence-corrected chi connectivity index (χ4v) is 4.02. The molecular weight excluding hydrogens is 445 g/mol. The Kier molecular flexibility index (Phi) is 5.41. The molecule has 0 saturated carbocycles. The number of hydrogen-bond acceptors (Lipinski definition) is 5. The fourth-order valence-electron chi connectivity index (χ4n) is 4.02. The van der Waals surface area contributed by atoms with Crippen LogP contribution in [-0.2, 0) is 11.3 Å². The molecule has 5 rings (SSSR count). The second-order valence-corrected chi connectivity index (χ2v) is 7.88. The molecule has 1 aliphatic heterocycles. The van der Waals surface area contributed by atoms with E-state index in [-0.39, 0.29) is 11.6 Å². The number of carbonyl (C=O) groups excluding carboxylic acids is 1. The van der Waals surface area contributed by atoms with E-state index in [2.05, 4.69) is 9.97 Å². The molecule has 0 aliphatic carbocycles. The van der Waals surface area contributed by atoms with Crippen LogP contribution >= 0.6 is 0 Å². The van der Waals surface area contributed by atoms with Crippen LogP contribution in [0.2, 0.25) is 0 Å². The Morgan fingerprint density at radius 3 is 2.44 bits per heavy atom. The molecule has 0 saturated heterocycles. The summed E-state index contributed by atoms with van der Waals surface area (Å²) in [6.45, 7) is -1.55. The van der Waals surface area contributed by atoms with Crippen LogP contribution in [0.1, 0.15) is 5.56 Å². The summed E-state index contributed by atoms with van der Waals surface area (Å²) in [4.78, 5) is 21.9. The Balaban J connectivity index is 1.75. The van der Waals surface area contributed by atoms with Gasteiger partial charge in [0.15, 0.2) is 6.61 Å². The summed E-state index contributed by atoms with van der Waals surface area (Å²) in [5, 5.41) is 0. The van der Waals surface area contributed by atoms with E-state index in [4.69, 9.17) is 10.5 Å². The van der Waals surface area contributed by atoms with Gasteiger partial charge in [-0.2, -0.15) is 13.2 Å². The Labute approximate surface area is 192 Å². The van der Waals surface area contributed by atoms with Gasteiger partial charge in [0.25, 0.3) is 5.91 Å². The van der Waals surface area contributed by atoms with Gasteiger partial charge in [0.1, 0.15) is 17.7 Å². The van der Waals surface area contributed by atoms with Crippen LogP contribution in [0.25, 0.3) is 33.3 Å². The van der Waals surface area contributed by atoms with Gasteiger partial charge in [-0.3, -0.25) is 14.7 Å². The minimum absolute atomic E-state index is 0.0387. The molecule has 0 unspecified atom stereocenters. The molecule has 0 radical (unpaired) electrons. The van der Waals surface area contributed by atoms with E-state index in [0.717, 1.165) is 27.8 Å². The summed E-state index contributed by atoms with van der Waals surface area (Å²) in [6, 6.07) is 18.7. The summed E-state index contributed by atoms with van der Waals surface area (Å²) in [7, 11) is 0. The van der Waals surface area contributed by atoms with Crippen LogP contribution in [0.3, 0.4) is 0 Å². The molecule has 3 heterocycles. The van der Waals surface area contributed by atoms with Gasteiger partial charge in [-0.05, 0) is 22.8 Å². The summed E-state index contributed by atoms with van der Waals surface area (Å²) < 4.78 is 44.8. The van der Waals surface area contributed by atoms with Crippen LogP contribution in [0, 0.1) is 0 Å². The van der Waals surface area contributed by atoms with Gasteiger partial charge in [0.2, 0.25) is 5.88 Å². The zero-order valence-corrected chi connectivity index (χ0v) is 17.8. The number of amides is 1. The third-order valence-electron chi connectivity index (χ3n) is 5.61. The standard InChI is InChI=1S/C25H19F3N4O2/c26-25(27,28)14-32-20-10-19-23(31-24(20)34-13-21(32)33)22(17-8-6-15(11-29)7-9-17)18(12-30-19)16-4-2-1-3-5-16/h1-10,12H,11,13-14,29H2. The van der Waals surface area contributed by atoms with Crippen LogP contribution < -0.4 is 15.4 Å². The SMILES string of the molecule is NCc1ccc(-c2c(-c3ccccc3)cnc3cc4c(nc23)OCC(=O)N4CC(F)(F)F)cc1. The molecule has 172 valence electrons. The second kappa shape index (κ2) is 8.42. The van der Waals surface area contributed by atoms with E-state index in [0.29, 0.717) is 22.5 Å². The summed E-state index contributed by atoms with van der Waals surface area (Å²) in [5.74, 6) is -0.826. The molecule has 1 aliphatic rings. The molecule has 2 aromatic heterocycles. The van der Waals surface area contributed by atoms with E-state index >= 15 is 0 Å². The highest BCUT2D eigenvalue weighted by Gasteiger charge is 2.38. The number of alkyl halides is 3. The lowest BCUT2D eigenvalue weighted by molar-refractivity contribution is -0.134. The average molecular weight is 464 g/mol. The molecule has 0 atom stereocenters. The highest BCUT2D eigenvalue weighted by atomic mass is 19.4. The molecule has 0 fully saturated rings. The van der Waals surface area contributed by atoms with Gasteiger partial charge in [-0.1, -0.05) is 54.6 Å². The number of nitrogens with zero attached hydrogens (tertiary/aromatic N) is 3. The first kappa shape index (κ1) is 21.8. The quantitative estimate of drug-likeness (QED) is 0.473. The van der Waals surface area contributed by atoms with Crippen LogP contribution in [-0.4, -0.2) is 35.2 Å². The number of ether oxygens (including phenoxy) is 1. The molecule has 6 nitrogen and oxygen atoms in total. The molecule has 0 bridgehead atoms. The number of aromatic nitrogens is 2. The normalized spacial score (nSPS) is 13.6. The van der Waals surface area contributed by atoms with Gasteiger partial charge in [0, 0.05) is 23.9 Å². The van der Waals surface area contributed by atoms with Crippen molar-refractivity contribution in [2.24, 2.45) is 5.73 Å². The number of nitrogens with two attached hydrogens (primary N) is 1. The van der Waals surface area contributed by atoms with Crippen molar-refractivity contribution in [3.8, 4) is 28.1 Å². The molecule has 2 N–H and O–H groups in total. The van der Waals surface area contributed by atoms with E-state index < -0.39 is 25.2 Å². The van der Waals surface area contributed by atoms with Crippen LogP contribution in [0.15, 0.2) is 66.9 Å². The Morgan fingerprint density at radius 2 is 1.76 bits per heavy atom. The van der Waals surface area contributed by atoms with Crippen molar-refractivity contribution in [2.45, 2.75) is 12.7 Å². The Morgan fingerprint density at radius 1 is 1.03 bits per heavy atom. The summed E-state index contributed by atoms with van der Waals surface area (Å²) >= 11 is 0. The highest BCUT2D eigenvalue weighted by molar-refractivity contribution is 6.04. The number of pyridine rings is 2. The number of carbonyl (C=O) groups is 1. The van der Waals surface area contributed by atoms with E-state index in [9.17, 15) is 18.0 Å². The number of fused-ring (bicyclic) bond motifs is 2. The molecule has 9 heteroatoms. The lowest BCUT2D eigenvalue weighted by Crippen LogP contribution is -2.44. The van der Waals surface area contributed by atoms with Crippen molar-refractivity contribution >= 4 is 22.6 Å². The van der Waals surface area contributed by atoms with E-state index in [1.165, 1.54) is 6.07 Å². The number of hydrogen-bond donors (Lipinski definition) is 1. The van der Waals surface area contributed by atoms with E-state index in [1.54, 1.807) is 6.20 Å². The van der Waals surface area contributed by atoms with Crippen molar-refractivity contribution in [1.29, 1.82) is 0 Å². The van der Waals surface area contributed by atoms with Gasteiger partial charge in [-0.15, -0.1) is 0 Å². The zero-order chi connectivity index (χ0) is 23.9. The van der Waals surface area contributed by atoms with Crippen LogP contribution in [0.4, 0.5) is 18.9 Å². The Hall–Kier alpha value is -3.98. The van der Waals surface area contributed by atoms with Crippen molar-refractivity contribution in [3.05, 3.63) is 72.4 Å². The number of halogens is 3. The van der Waals surface area contributed by atoms with Crippen LogP contribution in [0.5, 0.6) is 5.88 Å². The van der Waals surface area contributed by atoms with Crippen molar-refractivity contribution in [2.75, 3.05) is 18.1 Å². The lowest BCUT2D eigenvalue weighted by Gasteiger charge is -2.29. The maximum atomic E-state index is 13.1. The molecule has 2 aromatic carbocycles. The van der Waals surface area contributed by atoms with Crippen molar-refractivity contribution < 1.29 is 22.7 Å². The van der Waals surface area contributed by atoms with E-state index in [1.807, 2.05) is 54.6 Å². The topological polar surface area (TPSA) is 81.3 Å². The first-order chi connectivity index (χ1) is 16.3. The third kappa shape index (κ3) is 4.06. The smallest absolute Gasteiger partial charge is 0.406 e. The van der Waals surface area contributed by atoms with Crippen molar-refractivity contribution in [1.82, 2.24) is 9.97 Å². The first-order valence-corrected chi connectivity index (χ1v) is 10.5. The maximum absolute atomic E-state index is 13.1. The van der Waals surface area contributed by atoms with Gasteiger partial charge < -0.3 is 10.5 Å². The second-order valence-electron chi connectivity index (χ2n) is 7.88. The maximum Gasteiger partial charge on any atom is 0.406 e. The molecule has 1 amide bonds. The number of anilines is 1. The summed E-state index contributed by atoms with van der Waals surface area (Å²) in [5.41, 5.74) is 10.8. The Bertz CT molecular complexity index is 1370. The minimum atomic E-state index is -4.57. The van der Waals surface area contributed by atoms with Gasteiger partial charge >= 0.3 is 6.18 Å². The van der Waals surface area contributed by atoms with Gasteiger partial charge in [0.05, 0.1) is 5.52 Å². The summed E-state index contributed by atoms with van der Waals surface area (Å²) in [6.07, 6.45) is -2.91. The van der Waals surface area contributed by atoms with Crippen molar-refractivity contribution in [3.63, 3.8) is 0 Å². The zero-order valence-electron chi connectivity index (χ0n) is 17.8. The predicted molar refractivity (Wildman–Crippen MR) is 122 cm³/mol. The highest BCUT2D eigenvalue weighted by Crippen LogP contribution is 2.41. The lowest BCUT2D eigenvalue weighted by atomic mass is 9.94. The number of benzene rings is 2. The molecule has 4 aromatic rings. The molecule has 34 heavy (non-hydrogen) atoms. The molecule has 0 spiro atoms. The van der Waals surface area contributed by atoms with Gasteiger partial charge in [-0.25, -0.2) is 4.98 Å². The number of rotatable bonds is 4. The third-order valence-corrected chi connectivity index (χ3v) is 5.61.